The van der Waals surface area contributed by atoms with Crippen molar-refractivity contribution in [3.63, 3.8) is 0 Å². The first-order valence-corrected chi connectivity index (χ1v) is 7.68. The fourth-order valence-corrected chi connectivity index (χ4v) is 2.79. The minimum atomic E-state index is -0.0320. The van der Waals surface area contributed by atoms with Crippen LogP contribution in [0.1, 0.15) is 42.6 Å². The van der Waals surface area contributed by atoms with Crippen LogP contribution in [-0.4, -0.2) is 18.0 Å². The van der Waals surface area contributed by atoms with Gasteiger partial charge in [-0.1, -0.05) is 41.9 Å². The van der Waals surface area contributed by atoms with E-state index in [1.165, 1.54) is 17.5 Å². The lowest BCUT2D eigenvalue weighted by Crippen LogP contribution is -2.35. The number of hydrogen-bond donors (Lipinski definition) is 1. The number of carbonyl (C=O) groups is 1. The summed E-state index contributed by atoms with van der Waals surface area (Å²) >= 11 is 3.77. The Morgan fingerprint density at radius 3 is 2.79 bits per heavy atom. The first kappa shape index (κ1) is 14.4. The number of anilines is 1. The predicted molar refractivity (Wildman–Crippen MR) is 82.7 cm³/mol. The summed E-state index contributed by atoms with van der Waals surface area (Å²) in [6, 6.07) is 6.28. The number of urea groups is 1. The Morgan fingerprint density at radius 1 is 1.37 bits per heavy atom. The highest BCUT2D eigenvalue weighted by atomic mass is 79.9. The van der Waals surface area contributed by atoms with Crippen LogP contribution >= 0.6 is 15.9 Å². The second-order valence-corrected chi connectivity index (χ2v) is 6.75. The number of nitrogens with zero attached hydrogens (tertiary/aromatic N) is 1. The Morgan fingerprint density at radius 2 is 2.11 bits per heavy atom. The molecule has 104 valence electrons. The molecule has 0 saturated heterocycles. The van der Waals surface area contributed by atoms with Crippen LogP contribution in [0.4, 0.5) is 10.5 Å². The van der Waals surface area contributed by atoms with Gasteiger partial charge in [0.05, 0.1) is 0 Å². The summed E-state index contributed by atoms with van der Waals surface area (Å²) in [5.41, 5.74) is 3.42. The zero-order valence-electron chi connectivity index (χ0n) is 11.7. The van der Waals surface area contributed by atoms with Gasteiger partial charge in [0.15, 0.2) is 0 Å². The van der Waals surface area contributed by atoms with Gasteiger partial charge in [-0.2, -0.15) is 0 Å². The van der Waals surface area contributed by atoms with Gasteiger partial charge in [0.2, 0.25) is 0 Å². The minimum absolute atomic E-state index is 0.0320. The maximum absolute atomic E-state index is 11.6. The molecule has 0 aliphatic carbocycles. The third-order valence-corrected chi connectivity index (χ3v) is 4.47. The Labute approximate surface area is 123 Å². The van der Waals surface area contributed by atoms with Gasteiger partial charge < -0.3 is 10.2 Å². The van der Waals surface area contributed by atoms with E-state index in [2.05, 4.69) is 47.2 Å². The second-order valence-electron chi connectivity index (χ2n) is 5.64. The molecule has 1 heterocycles. The molecule has 4 heteroatoms. The summed E-state index contributed by atoms with van der Waals surface area (Å²) in [4.78, 5) is 13.6. The van der Waals surface area contributed by atoms with Crippen LogP contribution in [0, 0.1) is 5.92 Å². The highest BCUT2D eigenvalue weighted by molar-refractivity contribution is 9.09. The molecule has 2 amide bonds. The van der Waals surface area contributed by atoms with Crippen LogP contribution in [-0.2, 0) is 6.54 Å². The van der Waals surface area contributed by atoms with E-state index in [-0.39, 0.29) is 6.03 Å². The predicted octanol–water partition coefficient (Wildman–Crippen LogP) is 4.54. The third-order valence-electron chi connectivity index (χ3n) is 3.48. The average Bonchev–Trinajstić information content (AvgIpc) is 2.36. The van der Waals surface area contributed by atoms with E-state index in [1.807, 2.05) is 13.1 Å². The van der Waals surface area contributed by atoms with Gasteiger partial charge in [-0.15, -0.1) is 0 Å². The van der Waals surface area contributed by atoms with E-state index >= 15 is 0 Å². The van der Waals surface area contributed by atoms with E-state index < -0.39 is 0 Å². The number of carbonyl (C=O) groups excluding carboxylic acids is 1. The summed E-state index contributed by atoms with van der Waals surface area (Å²) in [7, 11) is 1.81. The normalized spacial score (nSPS) is 16.3. The lowest BCUT2D eigenvalue weighted by Gasteiger charge is -2.26. The zero-order valence-corrected chi connectivity index (χ0v) is 13.3. The van der Waals surface area contributed by atoms with Crippen LogP contribution in [0.2, 0.25) is 0 Å². The van der Waals surface area contributed by atoms with Crippen LogP contribution in [0.25, 0.3) is 0 Å². The van der Waals surface area contributed by atoms with Gasteiger partial charge in [-0.3, -0.25) is 0 Å². The third kappa shape index (κ3) is 3.50. The van der Waals surface area contributed by atoms with Gasteiger partial charge in [0.25, 0.3) is 0 Å². The average molecular weight is 325 g/mol. The molecule has 0 saturated carbocycles. The van der Waals surface area contributed by atoms with Crippen molar-refractivity contribution < 1.29 is 4.79 Å². The molecule has 19 heavy (non-hydrogen) atoms. The molecular formula is C15H21BrN2O. The van der Waals surface area contributed by atoms with Crippen molar-refractivity contribution in [3.8, 4) is 0 Å². The van der Waals surface area contributed by atoms with Crippen LogP contribution in [0.5, 0.6) is 0 Å². The van der Waals surface area contributed by atoms with Gasteiger partial charge in [0.1, 0.15) is 0 Å². The van der Waals surface area contributed by atoms with Crippen molar-refractivity contribution in [1.29, 1.82) is 0 Å². The molecule has 1 aliphatic rings. The van der Waals surface area contributed by atoms with E-state index in [9.17, 15) is 4.79 Å². The molecule has 1 atom stereocenters. The van der Waals surface area contributed by atoms with Crippen molar-refractivity contribution in [1.82, 2.24) is 4.90 Å². The molecular weight excluding hydrogens is 304 g/mol. The maximum Gasteiger partial charge on any atom is 0.321 e. The zero-order chi connectivity index (χ0) is 14.0. The van der Waals surface area contributed by atoms with Crippen molar-refractivity contribution in [2.45, 2.75) is 38.1 Å². The molecule has 1 unspecified atom stereocenters. The highest BCUT2D eigenvalue weighted by Gasteiger charge is 2.20. The monoisotopic (exact) mass is 324 g/mol. The molecule has 2 rings (SSSR count). The molecule has 1 aliphatic heterocycles. The van der Waals surface area contributed by atoms with E-state index in [4.69, 9.17) is 0 Å². The Hall–Kier alpha value is -1.03. The SMILES string of the molecule is CC(C)CCC(Br)c1ccc2c(c1)CN(C)C(=O)N2. The number of fused-ring (bicyclic) bond motifs is 1. The number of benzene rings is 1. The number of nitrogens with one attached hydrogen (secondary N) is 1. The van der Waals surface area contributed by atoms with Gasteiger partial charge in [-0.25, -0.2) is 4.79 Å². The van der Waals surface area contributed by atoms with Crippen molar-refractivity contribution in [3.05, 3.63) is 29.3 Å². The second kappa shape index (κ2) is 5.95. The molecule has 0 fully saturated rings. The Balaban J connectivity index is 2.12. The van der Waals surface area contributed by atoms with Gasteiger partial charge in [0, 0.05) is 24.1 Å². The first-order valence-electron chi connectivity index (χ1n) is 6.76. The fourth-order valence-electron chi connectivity index (χ4n) is 2.25. The molecule has 0 aromatic heterocycles. The number of rotatable bonds is 4. The van der Waals surface area contributed by atoms with Gasteiger partial charge in [-0.05, 0) is 36.0 Å². The van der Waals surface area contributed by atoms with Crippen molar-refractivity contribution in [2.75, 3.05) is 12.4 Å². The summed E-state index contributed by atoms with van der Waals surface area (Å²) in [5, 5.41) is 2.90. The summed E-state index contributed by atoms with van der Waals surface area (Å²) in [6.45, 7) is 5.17. The quantitative estimate of drug-likeness (QED) is 0.810. The molecule has 1 aromatic rings. The van der Waals surface area contributed by atoms with Crippen LogP contribution < -0.4 is 5.32 Å². The maximum atomic E-state index is 11.6. The first-order chi connectivity index (χ1) is 8.97. The lowest BCUT2D eigenvalue weighted by atomic mass is 9.99. The van der Waals surface area contributed by atoms with E-state index in [0.29, 0.717) is 11.4 Å². The smallest absolute Gasteiger partial charge is 0.321 e. The summed E-state index contributed by atoms with van der Waals surface area (Å²) in [6.07, 6.45) is 2.35. The number of alkyl halides is 1. The largest absolute Gasteiger partial charge is 0.323 e. The number of amides is 2. The fraction of sp³-hybridized carbons (Fsp3) is 0.533. The summed E-state index contributed by atoms with van der Waals surface area (Å²) < 4.78 is 0. The molecule has 0 spiro atoms. The molecule has 0 bridgehead atoms. The van der Waals surface area contributed by atoms with Crippen molar-refractivity contribution >= 4 is 27.6 Å². The van der Waals surface area contributed by atoms with Crippen molar-refractivity contribution in [2.24, 2.45) is 5.92 Å². The van der Waals surface area contributed by atoms with Crippen LogP contribution in [0.15, 0.2) is 18.2 Å². The minimum Gasteiger partial charge on any atom is -0.323 e. The highest BCUT2D eigenvalue weighted by Crippen LogP contribution is 2.33. The van der Waals surface area contributed by atoms with E-state index in [0.717, 1.165) is 18.0 Å². The standard InChI is InChI=1S/C15H21BrN2O/c1-10(2)4-6-13(16)11-5-7-14-12(8-11)9-18(3)15(19)17-14/h5,7-8,10,13H,4,6,9H2,1-3H3,(H,17,19). The van der Waals surface area contributed by atoms with Crippen LogP contribution in [0.3, 0.4) is 0 Å². The number of hydrogen-bond acceptors (Lipinski definition) is 1. The summed E-state index contributed by atoms with van der Waals surface area (Å²) in [5.74, 6) is 0.725. The molecule has 1 aromatic carbocycles. The number of halogens is 1. The van der Waals surface area contributed by atoms with E-state index in [1.54, 1.807) is 4.90 Å². The Kier molecular flexibility index (Phi) is 4.50. The molecule has 3 nitrogen and oxygen atoms in total. The molecule has 1 N–H and O–H groups in total. The molecule has 0 radical (unpaired) electrons. The topological polar surface area (TPSA) is 32.3 Å². The van der Waals surface area contributed by atoms with Gasteiger partial charge >= 0.3 is 6.03 Å². The Bertz CT molecular complexity index is 473. The lowest BCUT2D eigenvalue weighted by molar-refractivity contribution is 0.218.